The number of aliphatic hydroxyl groups is 1. The number of alkyl halides is 2. The zero-order chi connectivity index (χ0) is 15.5. The summed E-state index contributed by atoms with van der Waals surface area (Å²) in [4.78, 5) is 11.2. The van der Waals surface area contributed by atoms with Crippen LogP contribution in [0.2, 0.25) is 0 Å². The second kappa shape index (κ2) is 3.26. The van der Waals surface area contributed by atoms with Crippen LogP contribution in [0.5, 0.6) is 0 Å². The van der Waals surface area contributed by atoms with E-state index in [2.05, 4.69) is 4.74 Å². The molecule has 4 aliphatic rings. The van der Waals surface area contributed by atoms with Crippen molar-refractivity contribution in [2.24, 2.45) is 22.7 Å². The van der Waals surface area contributed by atoms with Gasteiger partial charge < -0.3 is 9.84 Å². The highest BCUT2D eigenvalue weighted by Crippen LogP contribution is 2.91. The summed E-state index contributed by atoms with van der Waals surface area (Å²) < 4.78 is 60.0. The number of ether oxygens (including phenoxy) is 1. The molecular formula is C12H14F2O6S. The number of carbonyl (C=O) groups excluding carboxylic acids is 1. The summed E-state index contributed by atoms with van der Waals surface area (Å²) in [5, 5.41) is 5.39. The highest BCUT2D eigenvalue weighted by atomic mass is 32.2. The van der Waals surface area contributed by atoms with Gasteiger partial charge in [0.1, 0.15) is 0 Å². The number of carbonyl (C=O) groups is 1. The number of esters is 1. The Balaban J connectivity index is 1.47. The van der Waals surface area contributed by atoms with E-state index in [0.717, 1.165) is 12.8 Å². The second-order valence-electron chi connectivity index (χ2n) is 7.12. The Morgan fingerprint density at radius 2 is 2.00 bits per heavy atom. The summed E-state index contributed by atoms with van der Waals surface area (Å²) in [5.74, 6) is -1.63. The summed E-state index contributed by atoms with van der Waals surface area (Å²) in [7, 11) is -5.84. The average molecular weight is 324 g/mol. The van der Waals surface area contributed by atoms with Crippen LogP contribution in [0, 0.1) is 22.7 Å². The maximum atomic E-state index is 13.1. The third-order valence-corrected chi connectivity index (χ3v) is 6.94. The highest BCUT2D eigenvalue weighted by Gasteiger charge is 2.90. The van der Waals surface area contributed by atoms with E-state index >= 15 is 0 Å². The van der Waals surface area contributed by atoms with E-state index in [-0.39, 0.29) is 17.9 Å². The van der Waals surface area contributed by atoms with Gasteiger partial charge in [-0.1, -0.05) is 0 Å². The Hall–Kier alpha value is -0.800. The molecule has 5 atom stereocenters. The molecule has 0 radical (unpaired) electrons. The van der Waals surface area contributed by atoms with Crippen LogP contribution in [0.15, 0.2) is 0 Å². The molecule has 21 heavy (non-hydrogen) atoms. The van der Waals surface area contributed by atoms with Crippen molar-refractivity contribution < 1.29 is 36.4 Å². The molecular weight excluding hydrogens is 310 g/mol. The van der Waals surface area contributed by atoms with Crippen LogP contribution in [0.4, 0.5) is 8.78 Å². The first kappa shape index (κ1) is 13.8. The van der Waals surface area contributed by atoms with Crippen molar-refractivity contribution in [1.29, 1.82) is 0 Å². The Morgan fingerprint density at radius 1 is 1.33 bits per heavy atom. The lowest BCUT2D eigenvalue weighted by atomic mass is 9.42. The summed E-state index contributed by atoms with van der Waals surface area (Å²) in [6.45, 7) is -0.331. The predicted octanol–water partition coefficient (Wildman–Crippen LogP) is 0.561. The molecule has 4 saturated carbocycles. The largest absolute Gasteiger partial charge is 0.465 e. The van der Waals surface area contributed by atoms with Gasteiger partial charge in [-0.2, -0.15) is 17.2 Å². The Labute approximate surface area is 119 Å². The van der Waals surface area contributed by atoms with Crippen LogP contribution < -0.4 is 0 Å². The van der Waals surface area contributed by atoms with Crippen molar-refractivity contribution in [3.8, 4) is 0 Å². The minimum atomic E-state index is -5.84. The van der Waals surface area contributed by atoms with Gasteiger partial charge in [-0.05, 0) is 37.5 Å². The van der Waals surface area contributed by atoms with Gasteiger partial charge in [0.05, 0.1) is 12.2 Å². The minimum absolute atomic E-state index is 0.117. The van der Waals surface area contributed by atoms with E-state index in [0.29, 0.717) is 18.8 Å². The zero-order valence-electron chi connectivity index (χ0n) is 10.9. The minimum Gasteiger partial charge on any atom is -0.460 e. The molecule has 0 heterocycles. The normalized spacial score (nSPS) is 49.5. The predicted molar refractivity (Wildman–Crippen MR) is 62.7 cm³/mol. The fraction of sp³-hybridized carbons (Fsp3) is 0.917. The van der Waals surface area contributed by atoms with Crippen molar-refractivity contribution in [3.05, 3.63) is 0 Å². The van der Waals surface area contributed by atoms with E-state index in [9.17, 15) is 27.1 Å². The summed E-state index contributed by atoms with van der Waals surface area (Å²) in [6.07, 6.45) is 2.77. The number of rotatable bonds is 4. The Kier molecular flexibility index (Phi) is 2.14. The average Bonchev–Trinajstić information content (AvgIpc) is 2.86. The van der Waals surface area contributed by atoms with E-state index < -0.39 is 32.4 Å². The molecule has 1 spiro atoms. The van der Waals surface area contributed by atoms with Gasteiger partial charge in [0.15, 0.2) is 0 Å². The standard InChI is InChI=1S/C12H14F2O6S/c13-12(14,21(17,18)19)8(15)20-5-9-1-6-2-10(7(6)9)4-11(10,16)3-9/h6-7,16H,1-5H2,(H,17,18,19). The fourth-order valence-electron chi connectivity index (χ4n) is 5.51. The van der Waals surface area contributed by atoms with E-state index in [1.54, 1.807) is 0 Å². The van der Waals surface area contributed by atoms with Crippen molar-refractivity contribution in [2.45, 2.75) is 36.5 Å². The number of hydrogen-bond acceptors (Lipinski definition) is 5. The van der Waals surface area contributed by atoms with E-state index in [1.165, 1.54) is 0 Å². The maximum Gasteiger partial charge on any atom is 0.465 e. The van der Waals surface area contributed by atoms with Gasteiger partial charge in [0.2, 0.25) is 0 Å². The second-order valence-corrected chi connectivity index (χ2v) is 8.58. The van der Waals surface area contributed by atoms with Crippen LogP contribution in [0.25, 0.3) is 0 Å². The summed E-state index contributed by atoms with van der Waals surface area (Å²) in [5.41, 5.74) is -1.38. The SMILES string of the molecule is O=C(OCC12CC3CC4(CC4(O)C1)C32)C(F)(F)S(=O)(=O)O. The lowest BCUT2D eigenvalue weighted by molar-refractivity contribution is -0.195. The molecule has 4 rings (SSSR count). The van der Waals surface area contributed by atoms with E-state index in [4.69, 9.17) is 4.55 Å². The van der Waals surface area contributed by atoms with Gasteiger partial charge in [-0.15, -0.1) is 0 Å². The first-order valence-corrected chi connectivity index (χ1v) is 8.16. The highest BCUT2D eigenvalue weighted by molar-refractivity contribution is 7.87. The molecule has 0 saturated heterocycles. The molecule has 6 nitrogen and oxygen atoms in total. The molecule has 9 heteroatoms. The third kappa shape index (κ3) is 1.34. The third-order valence-electron chi connectivity index (χ3n) is 6.13. The molecule has 2 N–H and O–H groups in total. The molecule has 0 aliphatic heterocycles. The van der Waals surface area contributed by atoms with Gasteiger partial charge in [-0.3, -0.25) is 4.55 Å². The van der Waals surface area contributed by atoms with Crippen LogP contribution in [0.1, 0.15) is 25.7 Å². The first-order valence-electron chi connectivity index (χ1n) is 6.72. The van der Waals surface area contributed by atoms with Crippen LogP contribution in [-0.2, 0) is 19.6 Å². The Morgan fingerprint density at radius 3 is 2.57 bits per heavy atom. The fourth-order valence-corrected chi connectivity index (χ4v) is 5.78. The van der Waals surface area contributed by atoms with Crippen LogP contribution in [-0.4, -0.2) is 41.5 Å². The Bertz CT molecular complexity index is 663. The molecule has 0 aromatic carbocycles. The van der Waals surface area contributed by atoms with Gasteiger partial charge >= 0.3 is 21.3 Å². The summed E-state index contributed by atoms with van der Waals surface area (Å²) in [6, 6.07) is 0. The zero-order valence-corrected chi connectivity index (χ0v) is 11.7. The van der Waals surface area contributed by atoms with Gasteiger partial charge in [0.25, 0.3) is 0 Å². The van der Waals surface area contributed by atoms with Gasteiger partial charge in [-0.25, -0.2) is 4.79 Å². The van der Waals surface area contributed by atoms with E-state index in [1.807, 2.05) is 0 Å². The maximum absolute atomic E-state index is 13.1. The van der Waals surface area contributed by atoms with Crippen molar-refractivity contribution in [1.82, 2.24) is 0 Å². The van der Waals surface area contributed by atoms with Crippen LogP contribution in [0.3, 0.4) is 0 Å². The lowest BCUT2D eigenvalue weighted by Gasteiger charge is -2.62. The lowest BCUT2D eigenvalue weighted by Crippen LogP contribution is -2.59. The molecule has 4 fully saturated rings. The quantitative estimate of drug-likeness (QED) is 0.579. The smallest absolute Gasteiger partial charge is 0.460 e. The molecule has 0 aromatic heterocycles. The van der Waals surface area contributed by atoms with Crippen molar-refractivity contribution in [3.63, 3.8) is 0 Å². The van der Waals surface area contributed by atoms with Gasteiger partial charge in [0, 0.05) is 10.8 Å². The summed E-state index contributed by atoms with van der Waals surface area (Å²) >= 11 is 0. The molecule has 0 aromatic rings. The molecule has 4 aliphatic carbocycles. The first-order chi connectivity index (χ1) is 9.48. The number of halogens is 2. The molecule has 0 bridgehead atoms. The van der Waals surface area contributed by atoms with Crippen molar-refractivity contribution in [2.75, 3.05) is 6.61 Å². The van der Waals surface area contributed by atoms with Crippen molar-refractivity contribution >= 4 is 16.1 Å². The molecule has 0 amide bonds. The molecule has 5 unspecified atom stereocenters. The topological polar surface area (TPSA) is 101 Å². The molecule has 118 valence electrons. The number of hydrogen-bond donors (Lipinski definition) is 2. The monoisotopic (exact) mass is 324 g/mol. The van der Waals surface area contributed by atoms with Crippen LogP contribution >= 0.6 is 0 Å².